The van der Waals surface area contributed by atoms with Crippen molar-refractivity contribution in [3.63, 3.8) is 0 Å². The summed E-state index contributed by atoms with van der Waals surface area (Å²) in [4.78, 5) is 25.5. The highest BCUT2D eigenvalue weighted by atomic mass is 35.5. The summed E-state index contributed by atoms with van der Waals surface area (Å²) in [5.74, 6) is 0.569. The van der Waals surface area contributed by atoms with Gasteiger partial charge in [-0.05, 0) is 68.7 Å². The molecule has 0 aliphatic rings. The molecule has 2 atom stereocenters. The van der Waals surface area contributed by atoms with E-state index in [1.807, 2.05) is 52.8 Å². The Balaban J connectivity index is 2.11. The predicted molar refractivity (Wildman–Crippen MR) is 123 cm³/mol. The minimum absolute atomic E-state index is 0.0212. The van der Waals surface area contributed by atoms with Crippen LogP contribution in [0.5, 0.6) is 11.5 Å². The Bertz CT molecular complexity index is 897. The molecule has 0 aromatic heterocycles. The number of rotatable bonds is 9. The standard InChI is InChI=1S/C24H31ClN2O4/c1-14(2)22(27-23(28)17-7-10-19(25)11-8-17)24(29)26-16(5)18-9-12-20(31-15(3)4)21(13-18)30-6/h7-16,22H,1-6H3,(H,26,29)(H,27,28). The summed E-state index contributed by atoms with van der Waals surface area (Å²) in [6.45, 7) is 9.55. The van der Waals surface area contributed by atoms with Gasteiger partial charge in [0.1, 0.15) is 6.04 Å². The van der Waals surface area contributed by atoms with Crippen LogP contribution >= 0.6 is 11.6 Å². The zero-order valence-corrected chi connectivity index (χ0v) is 19.6. The molecule has 0 aliphatic carbocycles. The monoisotopic (exact) mass is 446 g/mol. The van der Waals surface area contributed by atoms with Crippen molar-refractivity contribution in [3.8, 4) is 11.5 Å². The van der Waals surface area contributed by atoms with Gasteiger partial charge in [-0.3, -0.25) is 9.59 Å². The highest BCUT2D eigenvalue weighted by Crippen LogP contribution is 2.31. The maximum atomic E-state index is 13.0. The number of halogens is 1. The lowest BCUT2D eigenvalue weighted by Crippen LogP contribution is -2.50. The minimum Gasteiger partial charge on any atom is -0.493 e. The van der Waals surface area contributed by atoms with Gasteiger partial charge in [-0.15, -0.1) is 0 Å². The first-order valence-electron chi connectivity index (χ1n) is 10.3. The van der Waals surface area contributed by atoms with Gasteiger partial charge in [0.05, 0.1) is 19.3 Å². The van der Waals surface area contributed by atoms with Crippen LogP contribution in [0, 0.1) is 5.92 Å². The van der Waals surface area contributed by atoms with E-state index in [1.54, 1.807) is 31.4 Å². The molecule has 7 heteroatoms. The number of ether oxygens (including phenoxy) is 2. The topological polar surface area (TPSA) is 76.7 Å². The number of carbonyl (C=O) groups excluding carboxylic acids is 2. The molecule has 6 nitrogen and oxygen atoms in total. The number of hydrogen-bond donors (Lipinski definition) is 2. The van der Waals surface area contributed by atoms with Crippen molar-refractivity contribution >= 4 is 23.4 Å². The molecule has 2 amide bonds. The molecular weight excluding hydrogens is 416 g/mol. The summed E-state index contributed by atoms with van der Waals surface area (Å²) in [6.07, 6.45) is 0.0212. The van der Waals surface area contributed by atoms with Crippen LogP contribution in [0.4, 0.5) is 0 Å². The summed E-state index contributed by atoms with van der Waals surface area (Å²) in [5, 5.41) is 6.35. The van der Waals surface area contributed by atoms with Crippen molar-refractivity contribution in [3.05, 3.63) is 58.6 Å². The molecular formula is C24H31ClN2O4. The molecule has 0 radical (unpaired) electrons. The highest BCUT2D eigenvalue weighted by molar-refractivity contribution is 6.30. The van der Waals surface area contributed by atoms with E-state index in [-0.39, 0.29) is 29.9 Å². The van der Waals surface area contributed by atoms with Crippen LogP contribution in [-0.2, 0) is 4.79 Å². The average Bonchev–Trinajstić information content (AvgIpc) is 2.71. The Morgan fingerprint density at radius 3 is 2.10 bits per heavy atom. The van der Waals surface area contributed by atoms with Crippen LogP contribution in [0.1, 0.15) is 56.6 Å². The minimum atomic E-state index is -0.684. The first-order valence-corrected chi connectivity index (χ1v) is 10.7. The fourth-order valence-electron chi connectivity index (χ4n) is 3.05. The molecule has 0 saturated heterocycles. The number of hydrogen-bond acceptors (Lipinski definition) is 4. The highest BCUT2D eigenvalue weighted by Gasteiger charge is 2.26. The summed E-state index contributed by atoms with van der Waals surface area (Å²) < 4.78 is 11.2. The molecule has 0 fully saturated rings. The molecule has 2 unspecified atom stereocenters. The Morgan fingerprint density at radius 2 is 1.55 bits per heavy atom. The summed E-state index contributed by atoms with van der Waals surface area (Å²) in [5.41, 5.74) is 1.31. The SMILES string of the molecule is COc1cc(C(C)NC(=O)C(NC(=O)c2ccc(Cl)cc2)C(C)C)ccc1OC(C)C. The van der Waals surface area contributed by atoms with Gasteiger partial charge in [0.15, 0.2) is 11.5 Å². The smallest absolute Gasteiger partial charge is 0.251 e. The quantitative estimate of drug-likeness (QED) is 0.581. The Labute approximate surface area is 189 Å². The number of benzene rings is 2. The normalized spacial score (nSPS) is 12.9. The van der Waals surface area contributed by atoms with Crippen molar-refractivity contribution in [1.29, 1.82) is 0 Å². The molecule has 0 heterocycles. The van der Waals surface area contributed by atoms with Crippen molar-refractivity contribution in [2.45, 2.75) is 52.8 Å². The maximum Gasteiger partial charge on any atom is 0.251 e. The van der Waals surface area contributed by atoms with Crippen LogP contribution in [0.3, 0.4) is 0 Å². The summed E-state index contributed by atoms with van der Waals surface area (Å²) in [7, 11) is 1.58. The molecule has 0 saturated carbocycles. The fourth-order valence-corrected chi connectivity index (χ4v) is 3.18. The van der Waals surface area contributed by atoms with E-state index >= 15 is 0 Å². The first-order chi connectivity index (χ1) is 14.6. The fraction of sp³-hybridized carbons (Fsp3) is 0.417. The van der Waals surface area contributed by atoms with Crippen molar-refractivity contribution in [1.82, 2.24) is 10.6 Å². The number of methoxy groups -OCH3 is 1. The third-order valence-electron chi connectivity index (χ3n) is 4.75. The van der Waals surface area contributed by atoms with Gasteiger partial charge in [0.25, 0.3) is 5.91 Å². The van der Waals surface area contributed by atoms with Gasteiger partial charge < -0.3 is 20.1 Å². The van der Waals surface area contributed by atoms with Crippen LogP contribution < -0.4 is 20.1 Å². The molecule has 0 bridgehead atoms. The Kier molecular flexibility index (Phi) is 8.75. The summed E-state index contributed by atoms with van der Waals surface area (Å²) >= 11 is 5.88. The lowest BCUT2D eigenvalue weighted by molar-refractivity contribution is -0.124. The number of amides is 2. The third-order valence-corrected chi connectivity index (χ3v) is 5.00. The van der Waals surface area contributed by atoms with Gasteiger partial charge in [0.2, 0.25) is 5.91 Å². The van der Waals surface area contributed by atoms with Gasteiger partial charge >= 0.3 is 0 Å². The molecule has 2 aromatic rings. The zero-order chi connectivity index (χ0) is 23.1. The van der Waals surface area contributed by atoms with E-state index in [2.05, 4.69) is 10.6 Å². The van der Waals surface area contributed by atoms with Crippen molar-refractivity contribution in [2.24, 2.45) is 5.92 Å². The third kappa shape index (κ3) is 6.89. The van der Waals surface area contributed by atoms with Crippen LogP contribution in [0.15, 0.2) is 42.5 Å². The van der Waals surface area contributed by atoms with Crippen LogP contribution in [0.2, 0.25) is 5.02 Å². The molecule has 2 aromatic carbocycles. The van der Waals surface area contributed by atoms with E-state index < -0.39 is 6.04 Å². The van der Waals surface area contributed by atoms with Gasteiger partial charge in [-0.1, -0.05) is 31.5 Å². The number of carbonyl (C=O) groups is 2. The van der Waals surface area contributed by atoms with Gasteiger partial charge in [0, 0.05) is 10.6 Å². The van der Waals surface area contributed by atoms with Gasteiger partial charge in [-0.2, -0.15) is 0 Å². The molecule has 0 spiro atoms. The van der Waals surface area contributed by atoms with E-state index in [0.717, 1.165) is 5.56 Å². The Hall–Kier alpha value is -2.73. The molecule has 2 rings (SSSR count). The lowest BCUT2D eigenvalue weighted by atomic mass is 10.0. The second-order valence-electron chi connectivity index (χ2n) is 8.01. The van der Waals surface area contributed by atoms with Crippen molar-refractivity contribution < 1.29 is 19.1 Å². The second kappa shape index (κ2) is 11.0. The average molecular weight is 447 g/mol. The van der Waals surface area contributed by atoms with E-state index in [4.69, 9.17) is 21.1 Å². The van der Waals surface area contributed by atoms with Gasteiger partial charge in [-0.25, -0.2) is 0 Å². The first kappa shape index (κ1) is 24.5. The van der Waals surface area contributed by atoms with Crippen molar-refractivity contribution in [2.75, 3.05) is 7.11 Å². The van der Waals surface area contributed by atoms with Crippen LogP contribution in [-0.4, -0.2) is 31.1 Å². The maximum absolute atomic E-state index is 13.0. The van der Waals surface area contributed by atoms with E-state index in [0.29, 0.717) is 22.1 Å². The van der Waals surface area contributed by atoms with E-state index in [9.17, 15) is 9.59 Å². The lowest BCUT2D eigenvalue weighted by Gasteiger charge is -2.24. The Morgan fingerprint density at radius 1 is 0.903 bits per heavy atom. The van der Waals surface area contributed by atoms with Crippen LogP contribution in [0.25, 0.3) is 0 Å². The molecule has 168 valence electrons. The predicted octanol–water partition coefficient (Wildman–Crippen LogP) is 4.77. The summed E-state index contributed by atoms with van der Waals surface area (Å²) in [6, 6.07) is 11.1. The van der Waals surface area contributed by atoms with E-state index in [1.165, 1.54) is 0 Å². The molecule has 2 N–H and O–H groups in total. The second-order valence-corrected chi connectivity index (χ2v) is 8.45. The largest absolute Gasteiger partial charge is 0.493 e. The zero-order valence-electron chi connectivity index (χ0n) is 18.9. The molecule has 31 heavy (non-hydrogen) atoms. The number of nitrogens with one attached hydrogen (secondary N) is 2. The molecule has 0 aliphatic heterocycles.